The third kappa shape index (κ3) is 3.95. The number of thioether (sulfide) groups is 1. The van der Waals surface area contributed by atoms with Crippen LogP contribution in [0.3, 0.4) is 0 Å². The topological polar surface area (TPSA) is 97.1 Å². The van der Waals surface area contributed by atoms with Gasteiger partial charge in [0.1, 0.15) is 5.03 Å². The number of nitrogen functional groups attached to an aromatic ring is 1. The zero-order valence-electron chi connectivity index (χ0n) is 9.56. The number of urea groups is 1. The molecule has 1 atom stereocenters. The largest absolute Gasteiger partial charge is 0.397 e. The van der Waals surface area contributed by atoms with Crippen LogP contribution < -0.4 is 16.4 Å². The van der Waals surface area contributed by atoms with Crippen molar-refractivity contribution >= 4 is 29.4 Å². The third-order valence-corrected chi connectivity index (χ3v) is 3.05. The number of nitrogens with zero attached hydrogens (tertiary/aromatic N) is 1. The van der Waals surface area contributed by atoms with Crippen LogP contribution in [-0.4, -0.2) is 29.2 Å². The van der Waals surface area contributed by atoms with Crippen molar-refractivity contribution in [3.8, 4) is 0 Å². The van der Waals surface area contributed by atoms with Crippen molar-refractivity contribution < 1.29 is 9.59 Å². The number of pyridine rings is 1. The smallest absolute Gasteiger partial charge is 0.321 e. The lowest BCUT2D eigenvalue weighted by atomic mass is 10.4. The molecule has 3 amide bonds. The van der Waals surface area contributed by atoms with Crippen molar-refractivity contribution in [2.75, 3.05) is 12.8 Å². The Morgan fingerprint density at radius 2 is 2.24 bits per heavy atom. The standard InChI is InChI=1S/C10H14N4O2S/c1-6(8(15)14-10(16)12-2)17-9-7(11)4-3-5-13-9/h3-6H,11H2,1-2H3,(H2,12,14,15,16). The van der Waals surface area contributed by atoms with Gasteiger partial charge in [-0.15, -0.1) is 0 Å². The van der Waals surface area contributed by atoms with Gasteiger partial charge in [-0.25, -0.2) is 9.78 Å². The lowest BCUT2D eigenvalue weighted by Gasteiger charge is -2.11. The van der Waals surface area contributed by atoms with Crippen LogP contribution in [0, 0.1) is 0 Å². The van der Waals surface area contributed by atoms with E-state index in [1.165, 1.54) is 18.8 Å². The molecular formula is C10H14N4O2S. The molecule has 0 bridgehead atoms. The van der Waals surface area contributed by atoms with E-state index in [2.05, 4.69) is 15.6 Å². The summed E-state index contributed by atoms with van der Waals surface area (Å²) < 4.78 is 0. The van der Waals surface area contributed by atoms with Crippen LogP contribution in [0.5, 0.6) is 0 Å². The first-order chi connectivity index (χ1) is 8.04. The fourth-order valence-electron chi connectivity index (χ4n) is 0.999. The van der Waals surface area contributed by atoms with Crippen molar-refractivity contribution in [3.05, 3.63) is 18.3 Å². The van der Waals surface area contributed by atoms with Crippen LogP contribution in [0.2, 0.25) is 0 Å². The van der Waals surface area contributed by atoms with Crippen molar-refractivity contribution in [1.82, 2.24) is 15.6 Å². The molecule has 4 N–H and O–H groups in total. The van der Waals surface area contributed by atoms with Gasteiger partial charge in [-0.05, 0) is 19.1 Å². The Hall–Kier alpha value is -1.76. The van der Waals surface area contributed by atoms with Crippen LogP contribution in [0.4, 0.5) is 10.5 Å². The molecule has 1 heterocycles. The van der Waals surface area contributed by atoms with E-state index in [1.54, 1.807) is 25.3 Å². The van der Waals surface area contributed by atoms with Gasteiger partial charge in [0, 0.05) is 13.2 Å². The Morgan fingerprint density at radius 1 is 1.53 bits per heavy atom. The maximum absolute atomic E-state index is 11.6. The average molecular weight is 254 g/mol. The maximum Gasteiger partial charge on any atom is 0.321 e. The first-order valence-electron chi connectivity index (χ1n) is 4.94. The summed E-state index contributed by atoms with van der Waals surface area (Å²) in [6.45, 7) is 1.68. The predicted molar refractivity (Wildman–Crippen MR) is 66.6 cm³/mol. The molecule has 92 valence electrons. The zero-order chi connectivity index (χ0) is 12.8. The second kappa shape index (κ2) is 6.09. The minimum Gasteiger partial charge on any atom is -0.397 e. The molecule has 1 rings (SSSR count). The monoisotopic (exact) mass is 254 g/mol. The Balaban J connectivity index is 2.60. The van der Waals surface area contributed by atoms with Crippen molar-refractivity contribution in [3.63, 3.8) is 0 Å². The SMILES string of the molecule is CNC(=O)NC(=O)C(C)Sc1ncccc1N. The highest BCUT2D eigenvalue weighted by atomic mass is 32.2. The molecule has 0 fully saturated rings. The molecule has 0 saturated carbocycles. The van der Waals surface area contributed by atoms with Crippen LogP contribution in [0.1, 0.15) is 6.92 Å². The molecule has 17 heavy (non-hydrogen) atoms. The Labute approximate surface area is 103 Å². The molecule has 0 aromatic carbocycles. The van der Waals surface area contributed by atoms with E-state index in [9.17, 15) is 9.59 Å². The van der Waals surface area contributed by atoms with E-state index in [0.29, 0.717) is 10.7 Å². The third-order valence-electron chi connectivity index (χ3n) is 1.92. The number of hydrogen-bond acceptors (Lipinski definition) is 5. The van der Waals surface area contributed by atoms with E-state index in [-0.39, 0.29) is 5.91 Å². The number of nitrogens with two attached hydrogens (primary N) is 1. The molecule has 0 spiro atoms. The van der Waals surface area contributed by atoms with Crippen molar-refractivity contribution in [2.45, 2.75) is 17.2 Å². The number of nitrogens with one attached hydrogen (secondary N) is 2. The molecule has 7 heteroatoms. The van der Waals surface area contributed by atoms with Crippen molar-refractivity contribution in [1.29, 1.82) is 0 Å². The van der Waals surface area contributed by atoms with Gasteiger partial charge in [-0.3, -0.25) is 10.1 Å². The number of carbonyl (C=O) groups excluding carboxylic acids is 2. The zero-order valence-corrected chi connectivity index (χ0v) is 10.4. The van der Waals surface area contributed by atoms with E-state index in [0.717, 1.165) is 0 Å². The molecule has 1 aromatic rings. The van der Waals surface area contributed by atoms with Crippen LogP contribution in [0.15, 0.2) is 23.4 Å². The Bertz CT molecular complexity index is 425. The fraction of sp³-hybridized carbons (Fsp3) is 0.300. The summed E-state index contributed by atoms with van der Waals surface area (Å²) >= 11 is 1.20. The minimum atomic E-state index is -0.531. The molecule has 6 nitrogen and oxygen atoms in total. The van der Waals surface area contributed by atoms with E-state index < -0.39 is 11.3 Å². The molecule has 1 unspecified atom stereocenters. The van der Waals surface area contributed by atoms with Crippen LogP contribution in [0.25, 0.3) is 0 Å². The summed E-state index contributed by atoms with van der Waals surface area (Å²) in [6, 6.07) is 2.89. The highest BCUT2D eigenvalue weighted by Crippen LogP contribution is 2.25. The van der Waals surface area contributed by atoms with Gasteiger partial charge in [-0.1, -0.05) is 11.8 Å². The molecule has 0 radical (unpaired) electrons. The number of rotatable bonds is 3. The molecule has 0 saturated heterocycles. The van der Waals surface area contributed by atoms with Gasteiger partial charge in [0.2, 0.25) is 5.91 Å². The van der Waals surface area contributed by atoms with Gasteiger partial charge >= 0.3 is 6.03 Å². The van der Waals surface area contributed by atoms with Gasteiger partial charge in [0.15, 0.2) is 0 Å². The van der Waals surface area contributed by atoms with Gasteiger partial charge in [-0.2, -0.15) is 0 Å². The van der Waals surface area contributed by atoms with Gasteiger partial charge in [0.25, 0.3) is 0 Å². The predicted octanol–water partition coefficient (Wildman–Crippen LogP) is 0.600. The summed E-state index contributed by atoms with van der Waals surface area (Å²) in [7, 11) is 1.44. The summed E-state index contributed by atoms with van der Waals surface area (Å²) in [5.74, 6) is -0.389. The minimum absolute atomic E-state index is 0.389. The lowest BCUT2D eigenvalue weighted by molar-refractivity contribution is -0.119. The molecular weight excluding hydrogens is 240 g/mol. The number of anilines is 1. The van der Waals surface area contributed by atoms with Gasteiger partial charge < -0.3 is 11.1 Å². The Morgan fingerprint density at radius 3 is 2.82 bits per heavy atom. The summed E-state index contributed by atoms with van der Waals surface area (Å²) in [5, 5.41) is 4.62. The highest BCUT2D eigenvalue weighted by molar-refractivity contribution is 8.00. The van der Waals surface area contributed by atoms with Gasteiger partial charge in [0.05, 0.1) is 10.9 Å². The fourth-order valence-corrected chi connectivity index (χ4v) is 1.83. The van der Waals surface area contributed by atoms with Crippen LogP contribution in [-0.2, 0) is 4.79 Å². The molecule has 0 aliphatic rings. The second-order valence-electron chi connectivity index (χ2n) is 3.23. The number of carbonyl (C=O) groups is 2. The Kier molecular flexibility index (Phi) is 4.77. The normalized spacial score (nSPS) is 11.6. The van der Waals surface area contributed by atoms with E-state index in [1.807, 2.05) is 0 Å². The lowest BCUT2D eigenvalue weighted by Crippen LogP contribution is -2.41. The summed E-state index contributed by atoms with van der Waals surface area (Å²) in [5.41, 5.74) is 6.21. The first kappa shape index (κ1) is 13.3. The van der Waals surface area contributed by atoms with Crippen LogP contribution >= 0.6 is 11.8 Å². The number of hydrogen-bond donors (Lipinski definition) is 3. The second-order valence-corrected chi connectivity index (χ2v) is 4.56. The summed E-state index contributed by atoms with van der Waals surface area (Å²) in [6.07, 6.45) is 1.60. The number of amides is 3. The number of imide groups is 1. The first-order valence-corrected chi connectivity index (χ1v) is 5.82. The van der Waals surface area contributed by atoms with Crippen molar-refractivity contribution in [2.24, 2.45) is 0 Å². The number of aromatic nitrogens is 1. The highest BCUT2D eigenvalue weighted by Gasteiger charge is 2.17. The molecule has 0 aliphatic heterocycles. The maximum atomic E-state index is 11.6. The van der Waals surface area contributed by atoms with E-state index in [4.69, 9.17) is 5.73 Å². The summed E-state index contributed by atoms with van der Waals surface area (Å²) in [4.78, 5) is 26.6. The molecule has 0 aliphatic carbocycles. The average Bonchev–Trinajstić information content (AvgIpc) is 2.31. The van der Waals surface area contributed by atoms with E-state index >= 15 is 0 Å². The quantitative estimate of drug-likeness (QED) is 0.686. The molecule has 1 aromatic heterocycles.